The van der Waals surface area contributed by atoms with Crippen LogP contribution in [-0.4, -0.2) is 46.8 Å². The van der Waals surface area contributed by atoms with Gasteiger partial charge in [-0.1, -0.05) is 5.16 Å². The van der Waals surface area contributed by atoms with Gasteiger partial charge in [0.1, 0.15) is 6.54 Å². The molecule has 0 spiro atoms. The molecule has 7 nitrogen and oxygen atoms in total. The zero-order valence-corrected chi connectivity index (χ0v) is 14.1. The molecular weight excluding hydrogens is 353 g/mol. The first-order valence-electron chi connectivity index (χ1n) is 8.29. The van der Waals surface area contributed by atoms with Gasteiger partial charge >= 0.3 is 6.18 Å². The normalized spacial score (nSPS) is 18.0. The van der Waals surface area contributed by atoms with Gasteiger partial charge in [0, 0.05) is 5.92 Å². The third kappa shape index (κ3) is 4.43. The number of carbonyl (C=O) groups excluding carboxylic acids is 1. The molecule has 0 aromatic carbocycles. The molecule has 0 unspecified atom stereocenters. The van der Waals surface area contributed by atoms with Crippen molar-refractivity contribution >= 4 is 5.91 Å². The van der Waals surface area contributed by atoms with Gasteiger partial charge in [0.25, 0.3) is 0 Å². The Morgan fingerprint density at radius 1 is 1.42 bits per heavy atom. The van der Waals surface area contributed by atoms with Crippen molar-refractivity contribution in [1.29, 1.82) is 0 Å². The Labute approximate surface area is 147 Å². The Kier molecular flexibility index (Phi) is 5.30. The largest absolute Gasteiger partial charge is 0.461 e. The smallest absolute Gasteiger partial charge is 0.405 e. The molecule has 0 aliphatic carbocycles. The number of nitrogens with one attached hydrogen (secondary N) is 1. The Hall–Kier alpha value is -2.36. The van der Waals surface area contributed by atoms with Crippen LogP contribution in [-0.2, 0) is 4.79 Å². The van der Waals surface area contributed by atoms with Crippen LogP contribution >= 0.6 is 0 Å². The molecule has 1 atom stereocenters. The second kappa shape index (κ2) is 7.48. The number of halogens is 3. The minimum atomic E-state index is -4.39. The summed E-state index contributed by atoms with van der Waals surface area (Å²) in [7, 11) is 0. The molecule has 10 heteroatoms. The first-order chi connectivity index (χ1) is 12.3. The number of carbonyl (C=O) groups is 1. The Bertz CT molecular complexity index is 721. The summed E-state index contributed by atoms with van der Waals surface area (Å²) < 4.78 is 47.1. The van der Waals surface area contributed by atoms with Gasteiger partial charge in [-0.2, -0.15) is 18.2 Å². The lowest BCUT2D eigenvalue weighted by Crippen LogP contribution is -2.43. The number of rotatable bonds is 5. The molecule has 2 aromatic heterocycles. The fraction of sp³-hybridized carbons (Fsp3) is 0.562. The molecule has 1 aliphatic rings. The molecule has 0 saturated carbocycles. The van der Waals surface area contributed by atoms with Crippen molar-refractivity contribution in [2.24, 2.45) is 5.92 Å². The van der Waals surface area contributed by atoms with E-state index in [0.29, 0.717) is 43.4 Å². The van der Waals surface area contributed by atoms with E-state index in [1.165, 1.54) is 6.26 Å². The molecule has 2 aromatic rings. The monoisotopic (exact) mass is 372 g/mol. The van der Waals surface area contributed by atoms with Gasteiger partial charge in [0.15, 0.2) is 5.76 Å². The van der Waals surface area contributed by atoms with Crippen molar-refractivity contribution in [3.63, 3.8) is 0 Å². The predicted octanol–water partition coefficient (Wildman–Crippen LogP) is 2.78. The van der Waals surface area contributed by atoms with Crippen molar-refractivity contribution in [2.75, 3.05) is 19.6 Å². The predicted molar refractivity (Wildman–Crippen MR) is 83.8 cm³/mol. The van der Waals surface area contributed by atoms with E-state index in [4.69, 9.17) is 8.94 Å². The van der Waals surface area contributed by atoms with Crippen LogP contribution in [0.5, 0.6) is 0 Å². The van der Waals surface area contributed by atoms with Crippen LogP contribution in [0.2, 0.25) is 0 Å². The lowest BCUT2D eigenvalue weighted by molar-refractivity contribution is -0.141. The van der Waals surface area contributed by atoms with Gasteiger partial charge in [0.2, 0.25) is 17.6 Å². The molecule has 1 aliphatic heterocycles. The minimum absolute atomic E-state index is 0.162. The number of aromatic nitrogens is 2. The van der Waals surface area contributed by atoms with Gasteiger partial charge in [-0.3, -0.25) is 9.69 Å². The van der Waals surface area contributed by atoms with Crippen LogP contribution in [0.1, 0.15) is 31.7 Å². The van der Waals surface area contributed by atoms with E-state index in [0.717, 1.165) is 0 Å². The van der Waals surface area contributed by atoms with Crippen molar-refractivity contribution in [1.82, 2.24) is 20.4 Å². The highest BCUT2D eigenvalue weighted by Gasteiger charge is 2.33. The quantitative estimate of drug-likeness (QED) is 0.869. The zero-order valence-electron chi connectivity index (χ0n) is 14.1. The summed E-state index contributed by atoms with van der Waals surface area (Å²) in [6.07, 6.45) is -1.92. The molecule has 1 N–H and O–H groups in total. The SMILES string of the molecule is C[C@@H](c1nc(-c2ccco2)no1)N1CCC(C(=O)NCC(F)(F)F)CC1. The number of hydrogen-bond acceptors (Lipinski definition) is 6. The molecule has 1 fully saturated rings. The molecule has 1 amide bonds. The Morgan fingerprint density at radius 2 is 2.15 bits per heavy atom. The van der Waals surface area contributed by atoms with E-state index in [1.807, 2.05) is 12.2 Å². The number of piperidine rings is 1. The summed E-state index contributed by atoms with van der Waals surface area (Å²) >= 11 is 0. The van der Waals surface area contributed by atoms with E-state index in [1.54, 1.807) is 12.1 Å². The first-order valence-corrected chi connectivity index (χ1v) is 8.29. The summed E-state index contributed by atoms with van der Waals surface area (Å²) in [5.41, 5.74) is 0. The minimum Gasteiger partial charge on any atom is -0.461 e. The Balaban J connectivity index is 1.52. The molecule has 26 heavy (non-hydrogen) atoms. The average Bonchev–Trinajstić information content (AvgIpc) is 3.29. The van der Waals surface area contributed by atoms with Gasteiger partial charge in [-0.15, -0.1) is 0 Å². The number of alkyl halides is 3. The van der Waals surface area contributed by atoms with Gasteiger partial charge in [0.05, 0.1) is 12.3 Å². The third-order valence-corrected chi connectivity index (χ3v) is 4.45. The lowest BCUT2D eigenvalue weighted by atomic mass is 9.95. The molecule has 1 saturated heterocycles. The lowest BCUT2D eigenvalue weighted by Gasteiger charge is -2.33. The topological polar surface area (TPSA) is 84.4 Å². The molecule has 0 bridgehead atoms. The fourth-order valence-corrected chi connectivity index (χ4v) is 2.95. The van der Waals surface area contributed by atoms with Gasteiger partial charge in [-0.05, 0) is 45.0 Å². The van der Waals surface area contributed by atoms with E-state index >= 15 is 0 Å². The number of hydrogen-bond donors (Lipinski definition) is 1. The standard InChI is InChI=1S/C16H19F3N4O3/c1-10(15-21-13(22-26-15)12-3-2-8-25-12)23-6-4-11(5-7-23)14(24)20-9-16(17,18)19/h2-3,8,10-11H,4-7,9H2,1H3,(H,20,24)/t10-/m0/s1. The Morgan fingerprint density at radius 3 is 2.77 bits per heavy atom. The molecule has 3 heterocycles. The van der Waals surface area contributed by atoms with Crippen LogP contribution in [0, 0.1) is 5.92 Å². The third-order valence-electron chi connectivity index (χ3n) is 4.45. The second-order valence-electron chi connectivity index (χ2n) is 6.25. The van der Waals surface area contributed by atoms with Crippen LogP contribution in [0.15, 0.2) is 27.3 Å². The molecular formula is C16H19F3N4O3. The van der Waals surface area contributed by atoms with Crippen molar-refractivity contribution in [3.05, 3.63) is 24.3 Å². The van der Waals surface area contributed by atoms with Crippen LogP contribution < -0.4 is 5.32 Å². The van der Waals surface area contributed by atoms with Crippen LogP contribution in [0.3, 0.4) is 0 Å². The molecule has 142 valence electrons. The van der Waals surface area contributed by atoms with E-state index in [2.05, 4.69) is 15.0 Å². The second-order valence-corrected chi connectivity index (χ2v) is 6.25. The number of nitrogens with zero attached hydrogens (tertiary/aromatic N) is 3. The number of likely N-dealkylation sites (tertiary alicyclic amines) is 1. The maximum absolute atomic E-state index is 12.2. The fourth-order valence-electron chi connectivity index (χ4n) is 2.95. The van der Waals surface area contributed by atoms with E-state index < -0.39 is 24.5 Å². The highest BCUT2D eigenvalue weighted by Crippen LogP contribution is 2.27. The van der Waals surface area contributed by atoms with Gasteiger partial charge in [-0.25, -0.2) is 0 Å². The van der Waals surface area contributed by atoms with E-state index in [-0.39, 0.29) is 6.04 Å². The van der Waals surface area contributed by atoms with Gasteiger partial charge < -0.3 is 14.3 Å². The van der Waals surface area contributed by atoms with Crippen LogP contribution in [0.4, 0.5) is 13.2 Å². The zero-order chi connectivity index (χ0) is 18.7. The van der Waals surface area contributed by atoms with Crippen molar-refractivity contribution < 1.29 is 26.9 Å². The summed E-state index contributed by atoms with van der Waals surface area (Å²) in [6.45, 7) is 1.73. The first kappa shape index (κ1) is 18.4. The average molecular weight is 372 g/mol. The van der Waals surface area contributed by atoms with Crippen molar-refractivity contribution in [3.8, 4) is 11.6 Å². The highest BCUT2D eigenvalue weighted by atomic mass is 19.4. The number of amides is 1. The summed E-state index contributed by atoms with van der Waals surface area (Å²) in [4.78, 5) is 18.2. The highest BCUT2D eigenvalue weighted by molar-refractivity contribution is 5.78. The number of furan rings is 1. The maximum Gasteiger partial charge on any atom is 0.405 e. The molecule has 0 radical (unpaired) electrons. The van der Waals surface area contributed by atoms with Crippen LogP contribution in [0.25, 0.3) is 11.6 Å². The summed E-state index contributed by atoms with van der Waals surface area (Å²) in [5.74, 6) is 0.330. The maximum atomic E-state index is 12.2. The summed E-state index contributed by atoms with van der Waals surface area (Å²) in [5, 5.41) is 5.84. The summed E-state index contributed by atoms with van der Waals surface area (Å²) in [6, 6.07) is 3.29. The van der Waals surface area contributed by atoms with Crippen molar-refractivity contribution in [2.45, 2.75) is 32.0 Å². The van der Waals surface area contributed by atoms with E-state index in [9.17, 15) is 18.0 Å². The molecule has 3 rings (SSSR count).